The Labute approximate surface area is 110 Å². The van der Waals surface area contributed by atoms with Crippen LogP contribution in [0.5, 0.6) is 0 Å². The summed E-state index contributed by atoms with van der Waals surface area (Å²) in [7, 11) is -2.34. The monoisotopic (exact) mass is 290 g/mol. The molecule has 9 nitrogen and oxygen atoms in total. The Balaban J connectivity index is 2.89. The normalized spacial score (nSPS) is 11.4. The van der Waals surface area contributed by atoms with Crippen LogP contribution in [0.2, 0.25) is 0 Å². The van der Waals surface area contributed by atoms with E-state index in [1.165, 1.54) is 7.11 Å². The molecule has 1 aromatic rings. The molecule has 0 radical (unpaired) electrons. The first-order chi connectivity index (χ1) is 8.88. The molecule has 10 heteroatoms. The standard InChI is InChI=1S/C9H14N4O5S/c1-18-4-2-3-12-19(16,17)7-5-8(13(14)15)9(10)11-6-7/h5-6,12H,2-4H2,1H3,(H2,10,11). The molecule has 0 bridgehead atoms. The molecular weight excluding hydrogens is 276 g/mol. The van der Waals surface area contributed by atoms with Gasteiger partial charge in [0.1, 0.15) is 4.90 Å². The van der Waals surface area contributed by atoms with Crippen LogP contribution in [0, 0.1) is 10.1 Å². The lowest BCUT2D eigenvalue weighted by Crippen LogP contribution is -2.25. The Morgan fingerprint density at radius 1 is 1.58 bits per heavy atom. The second kappa shape index (κ2) is 6.41. The SMILES string of the molecule is COCCCNS(=O)(=O)c1cnc(N)c([N+](=O)[O-])c1. The molecule has 19 heavy (non-hydrogen) atoms. The van der Waals surface area contributed by atoms with Crippen molar-refractivity contribution in [2.24, 2.45) is 0 Å². The van der Waals surface area contributed by atoms with Crippen molar-refractivity contribution >= 4 is 21.5 Å². The van der Waals surface area contributed by atoms with Crippen LogP contribution in [0.1, 0.15) is 6.42 Å². The van der Waals surface area contributed by atoms with Crippen LogP contribution in [-0.4, -0.2) is 38.6 Å². The van der Waals surface area contributed by atoms with Crippen molar-refractivity contribution in [3.8, 4) is 0 Å². The topological polar surface area (TPSA) is 137 Å². The molecule has 3 N–H and O–H groups in total. The minimum absolute atomic E-state index is 0.161. The predicted molar refractivity (Wildman–Crippen MR) is 67.0 cm³/mol. The van der Waals surface area contributed by atoms with Gasteiger partial charge in [-0.1, -0.05) is 0 Å². The lowest BCUT2D eigenvalue weighted by atomic mass is 10.4. The highest BCUT2D eigenvalue weighted by Gasteiger charge is 2.20. The molecular formula is C9H14N4O5S. The van der Waals surface area contributed by atoms with Crippen molar-refractivity contribution in [2.75, 3.05) is 26.0 Å². The number of methoxy groups -OCH3 is 1. The maximum Gasteiger partial charge on any atom is 0.312 e. The van der Waals surface area contributed by atoms with Crippen molar-refractivity contribution in [3.63, 3.8) is 0 Å². The first-order valence-electron chi connectivity index (χ1n) is 5.27. The van der Waals surface area contributed by atoms with E-state index in [0.29, 0.717) is 13.0 Å². The Kier molecular flexibility index (Phi) is 5.15. The van der Waals surface area contributed by atoms with E-state index in [-0.39, 0.29) is 17.3 Å². The maximum absolute atomic E-state index is 11.8. The fourth-order valence-electron chi connectivity index (χ4n) is 1.24. The average molecular weight is 290 g/mol. The van der Waals surface area contributed by atoms with Gasteiger partial charge in [0.15, 0.2) is 0 Å². The van der Waals surface area contributed by atoms with Gasteiger partial charge in [-0.25, -0.2) is 18.1 Å². The van der Waals surface area contributed by atoms with Crippen molar-refractivity contribution in [1.29, 1.82) is 0 Å². The van der Waals surface area contributed by atoms with E-state index < -0.39 is 20.6 Å². The summed E-state index contributed by atoms with van der Waals surface area (Å²) in [6.07, 6.45) is 1.46. The summed E-state index contributed by atoms with van der Waals surface area (Å²) in [5.74, 6) is -0.330. The molecule has 0 atom stereocenters. The number of sulfonamides is 1. The summed E-state index contributed by atoms with van der Waals surface area (Å²) in [5.41, 5.74) is 4.75. The summed E-state index contributed by atoms with van der Waals surface area (Å²) >= 11 is 0. The number of aromatic nitrogens is 1. The predicted octanol–water partition coefficient (Wildman–Crippen LogP) is -0.113. The van der Waals surface area contributed by atoms with E-state index in [9.17, 15) is 18.5 Å². The van der Waals surface area contributed by atoms with Gasteiger partial charge < -0.3 is 10.5 Å². The zero-order chi connectivity index (χ0) is 14.5. The maximum atomic E-state index is 11.8. The third kappa shape index (κ3) is 4.12. The third-order valence-electron chi connectivity index (χ3n) is 2.20. The lowest BCUT2D eigenvalue weighted by Gasteiger charge is -2.06. The van der Waals surface area contributed by atoms with Gasteiger partial charge in [0.2, 0.25) is 15.8 Å². The van der Waals surface area contributed by atoms with Crippen molar-refractivity contribution < 1.29 is 18.1 Å². The molecule has 0 aromatic carbocycles. The highest BCUT2D eigenvalue weighted by molar-refractivity contribution is 7.89. The Bertz CT molecular complexity index is 560. The number of nitro groups is 1. The first-order valence-corrected chi connectivity index (χ1v) is 6.75. The molecule has 0 amide bonds. The molecule has 0 fully saturated rings. The molecule has 0 spiro atoms. The van der Waals surface area contributed by atoms with Crippen molar-refractivity contribution in [1.82, 2.24) is 9.71 Å². The minimum atomic E-state index is -3.84. The molecule has 0 aliphatic rings. The van der Waals surface area contributed by atoms with Gasteiger partial charge in [0.25, 0.3) is 0 Å². The van der Waals surface area contributed by atoms with Crippen LogP contribution in [0.25, 0.3) is 0 Å². The zero-order valence-corrected chi connectivity index (χ0v) is 11.0. The van der Waals surface area contributed by atoms with Crippen LogP contribution in [0.3, 0.4) is 0 Å². The van der Waals surface area contributed by atoms with Gasteiger partial charge >= 0.3 is 5.69 Å². The number of hydrogen-bond acceptors (Lipinski definition) is 7. The van der Waals surface area contributed by atoms with Crippen LogP contribution in [-0.2, 0) is 14.8 Å². The number of nitrogens with zero attached hydrogens (tertiary/aromatic N) is 2. The molecule has 106 valence electrons. The fourth-order valence-corrected chi connectivity index (χ4v) is 2.28. The van der Waals surface area contributed by atoms with E-state index in [1.807, 2.05) is 0 Å². The number of pyridine rings is 1. The quantitative estimate of drug-likeness (QED) is 0.406. The van der Waals surface area contributed by atoms with Gasteiger partial charge in [-0.05, 0) is 6.42 Å². The summed E-state index contributed by atoms with van der Waals surface area (Å²) in [6, 6.07) is 0.876. The Morgan fingerprint density at radius 3 is 2.84 bits per heavy atom. The van der Waals surface area contributed by atoms with Gasteiger partial charge in [-0.3, -0.25) is 10.1 Å². The van der Waals surface area contributed by atoms with Gasteiger partial charge in [-0.15, -0.1) is 0 Å². The second-order valence-corrected chi connectivity index (χ2v) is 5.34. The number of nitrogens with two attached hydrogens (primary N) is 1. The smallest absolute Gasteiger partial charge is 0.312 e. The van der Waals surface area contributed by atoms with E-state index in [1.54, 1.807) is 0 Å². The number of nitrogen functional groups attached to an aromatic ring is 1. The summed E-state index contributed by atoms with van der Waals surface area (Å²) in [6.45, 7) is 0.566. The zero-order valence-electron chi connectivity index (χ0n) is 10.2. The molecule has 1 heterocycles. The van der Waals surface area contributed by atoms with Gasteiger partial charge in [0, 0.05) is 32.5 Å². The summed E-state index contributed by atoms with van der Waals surface area (Å²) in [5, 5.41) is 10.7. The van der Waals surface area contributed by atoms with Crippen LogP contribution in [0.15, 0.2) is 17.2 Å². The second-order valence-electron chi connectivity index (χ2n) is 3.58. The number of nitrogens with one attached hydrogen (secondary N) is 1. The highest BCUT2D eigenvalue weighted by atomic mass is 32.2. The first kappa shape index (κ1) is 15.3. The molecule has 1 aromatic heterocycles. The minimum Gasteiger partial charge on any atom is -0.385 e. The highest BCUT2D eigenvalue weighted by Crippen LogP contribution is 2.21. The largest absolute Gasteiger partial charge is 0.385 e. The molecule has 0 aliphatic heterocycles. The van der Waals surface area contributed by atoms with E-state index >= 15 is 0 Å². The molecule has 0 unspecified atom stereocenters. The molecule has 0 saturated carbocycles. The van der Waals surface area contributed by atoms with Crippen LogP contribution in [0.4, 0.5) is 11.5 Å². The van der Waals surface area contributed by atoms with Crippen molar-refractivity contribution in [3.05, 3.63) is 22.4 Å². The Hall–Kier alpha value is -1.78. The van der Waals surface area contributed by atoms with E-state index in [0.717, 1.165) is 12.3 Å². The van der Waals surface area contributed by atoms with Gasteiger partial charge in [-0.2, -0.15) is 0 Å². The number of ether oxygens (including phenoxy) is 1. The number of rotatable bonds is 7. The Morgan fingerprint density at radius 2 is 2.26 bits per heavy atom. The molecule has 0 saturated heterocycles. The average Bonchev–Trinajstić information content (AvgIpc) is 2.34. The van der Waals surface area contributed by atoms with Crippen molar-refractivity contribution in [2.45, 2.75) is 11.3 Å². The third-order valence-corrected chi connectivity index (χ3v) is 3.62. The molecule has 1 rings (SSSR count). The van der Waals surface area contributed by atoms with E-state index in [2.05, 4.69) is 9.71 Å². The summed E-state index contributed by atoms with van der Waals surface area (Å²) in [4.78, 5) is 13.1. The number of hydrogen-bond donors (Lipinski definition) is 2. The summed E-state index contributed by atoms with van der Waals surface area (Å²) < 4.78 is 30.7. The van der Waals surface area contributed by atoms with Gasteiger partial charge in [0.05, 0.1) is 4.92 Å². The van der Waals surface area contributed by atoms with E-state index in [4.69, 9.17) is 10.5 Å². The van der Waals surface area contributed by atoms with Crippen LogP contribution >= 0.6 is 0 Å². The number of anilines is 1. The molecule has 0 aliphatic carbocycles. The van der Waals surface area contributed by atoms with Crippen LogP contribution < -0.4 is 10.5 Å². The lowest BCUT2D eigenvalue weighted by molar-refractivity contribution is -0.384. The fraction of sp³-hybridized carbons (Fsp3) is 0.444.